The number of carbonyl (C=O) groups excluding carboxylic acids is 1. The van der Waals surface area contributed by atoms with Gasteiger partial charge in [0.25, 0.3) is 5.91 Å². The van der Waals surface area contributed by atoms with E-state index in [-0.39, 0.29) is 5.91 Å². The third kappa shape index (κ3) is 5.38. The van der Waals surface area contributed by atoms with Gasteiger partial charge in [-0.2, -0.15) is 0 Å². The molecule has 6 nitrogen and oxygen atoms in total. The molecule has 0 fully saturated rings. The summed E-state index contributed by atoms with van der Waals surface area (Å²) in [5, 5.41) is 3.18. The van der Waals surface area contributed by atoms with Crippen LogP contribution in [0.1, 0.15) is 24.2 Å². The van der Waals surface area contributed by atoms with Crippen molar-refractivity contribution in [2.24, 2.45) is 0 Å². The molecule has 0 radical (unpaired) electrons. The topological polar surface area (TPSA) is 63.7 Å². The SMILES string of the molecule is CCN(CC)C(=O)c1ccc(NCCOc2ccc(OC)cc2)nc1. The van der Waals surface area contributed by atoms with Crippen LogP contribution in [0.5, 0.6) is 11.5 Å². The molecule has 1 aromatic carbocycles. The number of hydrogen-bond acceptors (Lipinski definition) is 5. The predicted octanol–water partition coefficient (Wildman–Crippen LogP) is 3.06. The number of ether oxygens (including phenoxy) is 2. The minimum Gasteiger partial charge on any atom is -0.497 e. The van der Waals surface area contributed by atoms with Gasteiger partial charge in [-0.25, -0.2) is 4.98 Å². The summed E-state index contributed by atoms with van der Waals surface area (Å²) in [5.74, 6) is 2.31. The standard InChI is InChI=1S/C19H25N3O3/c1-4-22(5-2)19(23)15-6-11-18(21-14-15)20-12-13-25-17-9-7-16(24-3)8-10-17/h6-11,14H,4-5,12-13H2,1-3H3,(H,20,21). The van der Waals surface area contributed by atoms with E-state index in [0.717, 1.165) is 17.3 Å². The van der Waals surface area contributed by atoms with Gasteiger partial charge in [0.05, 0.1) is 19.2 Å². The quantitative estimate of drug-likeness (QED) is 0.709. The maximum absolute atomic E-state index is 12.2. The predicted molar refractivity (Wildman–Crippen MR) is 98.5 cm³/mol. The first-order valence-electron chi connectivity index (χ1n) is 8.44. The summed E-state index contributed by atoms with van der Waals surface area (Å²) in [7, 11) is 1.63. The zero-order chi connectivity index (χ0) is 18.1. The minimum atomic E-state index is 0.00638. The van der Waals surface area contributed by atoms with Gasteiger partial charge in [-0.15, -0.1) is 0 Å². The Balaban J connectivity index is 1.78. The molecule has 2 aromatic rings. The molecule has 0 unspecified atom stereocenters. The molecular formula is C19H25N3O3. The minimum absolute atomic E-state index is 0.00638. The van der Waals surface area contributed by atoms with Crippen LogP contribution in [0.2, 0.25) is 0 Å². The average molecular weight is 343 g/mol. The number of pyridine rings is 1. The van der Waals surface area contributed by atoms with Gasteiger partial charge in [0.15, 0.2) is 0 Å². The molecule has 6 heteroatoms. The second kappa shape index (κ2) is 9.52. The van der Waals surface area contributed by atoms with Crippen LogP contribution in [-0.4, -0.2) is 49.1 Å². The molecule has 0 spiro atoms. The third-order valence-electron chi connectivity index (χ3n) is 3.80. The van der Waals surface area contributed by atoms with Crippen LogP contribution >= 0.6 is 0 Å². The second-order valence-corrected chi connectivity index (χ2v) is 5.36. The molecule has 134 valence electrons. The Bertz CT molecular complexity index is 653. The van der Waals surface area contributed by atoms with Gasteiger partial charge in [0.1, 0.15) is 23.9 Å². The number of nitrogens with one attached hydrogen (secondary N) is 1. The first-order valence-corrected chi connectivity index (χ1v) is 8.44. The number of nitrogens with zero attached hydrogens (tertiary/aromatic N) is 2. The van der Waals surface area contributed by atoms with Crippen molar-refractivity contribution in [3.8, 4) is 11.5 Å². The maximum Gasteiger partial charge on any atom is 0.255 e. The lowest BCUT2D eigenvalue weighted by Crippen LogP contribution is -2.30. The molecule has 0 saturated carbocycles. The summed E-state index contributed by atoms with van der Waals surface area (Å²) < 4.78 is 10.7. The van der Waals surface area contributed by atoms with Crippen molar-refractivity contribution >= 4 is 11.7 Å². The summed E-state index contributed by atoms with van der Waals surface area (Å²) in [6, 6.07) is 11.0. The normalized spacial score (nSPS) is 10.2. The van der Waals surface area contributed by atoms with Crippen molar-refractivity contribution in [3.05, 3.63) is 48.2 Å². The van der Waals surface area contributed by atoms with Gasteiger partial charge in [0.2, 0.25) is 0 Å². The lowest BCUT2D eigenvalue weighted by atomic mass is 10.2. The van der Waals surface area contributed by atoms with Crippen LogP contribution in [0.15, 0.2) is 42.6 Å². The summed E-state index contributed by atoms with van der Waals surface area (Å²) >= 11 is 0. The number of benzene rings is 1. The van der Waals surface area contributed by atoms with E-state index in [1.807, 2.05) is 44.2 Å². The molecule has 1 heterocycles. The van der Waals surface area contributed by atoms with Crippen molar-refractivity contribution in [1.29, 1.82) is 0 Å². The molecule has 1 amide bonds. The smallest absolute Gasteiger partial charge is 0.255 e. The highest BCUT2D eigenvalue weighted by atomic mass is 16.5. The second-order valence-electron chi connectivity index (χ2n) is 5.36. The number of hydrogen-bond donors (Lipinski definition) is 1. The number of anilines is 1. The van der Waals surface area contributed by atoms with Crippen LogP contribution < -0.4 is 14.8 Å². The molecule has 1 aromatic heterocycles. The average Bonchev–Trinajstić information content (AvgIpc) is 2.67. The highest BCUT2D eigenvalue weighted by Gasteiger charge is 2.12. The van der Waals surface area contributed by atoms with Gasteiger partial charge < -0.3 is 19.7 Å². The molecule has 0 aliphatic rings. The molecule has 0 saturated heterocycles. The Morgan fingerprint density at radius 2 is 1.76 bits per heavy atom. The summed E-state index contributed by atoms with van der Waals surface area (Å²) in [6.45, 7) is 6.44. The van der Waals surface area contributed by atoms with Crippen molar-refractivity contribution in [2.75, 3.05) is 38.7 Å². The van der Waals surface area contributed by atoms with Crippen molar-refractivity contribution < 1.29 is 14.3 Å². The Morgan fingerprint density at radius 1 is 1.08 bits per heavy atom. The highest BCUT2D eigenvalue weighted by molar-refractivity contribution is 5.94. The Kier molecular flexibility index (Phi) is 7.07. The number of amides is 1. The van der Waals surface area contributed by atoms with Gasteiger partial charge in [-0.3, -0.25) is 4.79 Å². The fraction of sp³-hybridized carbons (Fsp3) is 0.368. The largest absolute Gasteiger partial charge is 0.497 e. The maximum atomic E-state index is 12.2. The molecule has 1 N–H and O–H groups in total. The van der Waals surface area contributed by atoms with E-state index in [9.17, 15) is 4.79 Å². The molecule has 2 rings (SSSR count). The molecule has 0 bridgehead atoms. The fourth-order valence-electron chi connectivity index (χ4n) is 2.34. The van der Waals surface area contributed by atoms with Crippen LogP contribution in [0.4, 0.5) is 5.82 Å². The van der Waals surface area contributed by atoms with Gasteiger partial charge in [-0.1, -0.05) is 0 Å². The first-order chi connectivity index (χ1) is 12.2. The molecular weight excluding hydrogens is 318 g/mol. The zero-order valence-electron chi connectivity index (χ0n) is 15.0. The first kappa shape index (κ1) is 18.6. The van der Waals surface area contributed by atoms with E-state index in [0.29, 0.717) is 31.8 Å². The molecule has 0 aliphatic heterocycles. The van der Waals surface area contributed by atoms with E-state index >= 15 is 0 Å². The lowest BCUT2D eigenvalue weighted by molar-refractivity contribution is 0.0772. The van der Waals surface area contributed by atoms with Crippen LogP contribution in [0, 0.1) is 0 Å². The summed E-state index contributed by atoms with van der Waals surface area (Å²) in [5.41, 5.74) is 0.601. The summed E-state index contributed by atoms with van der Waals surface area (Å²) in [6.07, 6.45) is 1.60. The van der Waals surface area contributed by atoms with E-state index < -0.39 is 0 Å². The molecule has 0 aliphatic carbocycles. The number of aromatic nitrogens is 1. The van der Waals surface area contributed by atoms with E-state index in [4.69, 9.17) is 9.47 Å². The monoisotopic (exact) mass is 343 g/mol. The van der Waals surface area contributed by atoms with Crippen molar-refractivity contribution in [2.45, 2.75) is 13.8 Å². The number of carbonyl (C=O) groups is 1. The molecule has 0 atom stereocenters. The highest BCUT2D eigenvalue weighted by Crippen LogP contribution is 2.16. The number of rotatable bonds is 9. The Hall–Kier alpha value is -2.76. The van der Waals surface area contributed by atoms with Crippen LogP contribution in [0.25, 0.3) is 0 Å². The third-order valence-corrected chi connectivity index (χ3v) is 3.80. The molecule has 25 heavy (non-hydrogen) atoms. The van der Waals surface area contributed by atoms with E-state index in [2.05, 4.69) is 10.3 Å². The zero-order valence-corrected chi connectivity index (χ0v) is 15.0. The van der Waals surface area contributed by atoms with Gasteiger partial charge >= 0.3 is 0 Å². The van der Waals surface area contributed by atoms with Crippen molar-refractivity contribution in [1.82, 2.24) is 9.88 Å². The van der Waals surface area contributed by atoms with E-state index in [1.54, 1.807) is 24.3 Å². The van der Waals surface area contributed by atoms with Crippen LogP contribution in [-0.2, 0) is 0 Å². The number of methoxy groups -OCH3 is 1. The van der Waals surface area contributed by atoms with E-state index in [1.165, 1.54) is 0 Å². The Labute approximate surface area is 148 Å². The van der Waals surface area contributed by atoms with Crippen LogP contribution in [0.3, 0.4) is 0 Å². The summed E-state index contributed by atoms with van der Waals surface area (Å²) in [4.78, 5) is 18.3. The lowest BCUT2D eigenvalue weighted by Gasteiger charge is -2.18. The van der Waals surface area contributed by atoms with Gasteiger partial charge in [0, 0.05) is 19.3 Å². The fourth-order valence-corrected chi connectivity index (χ4v) is 2.34. The Morgan fingerprint density at radius 3 is 2.32 bits per heavy atom. The van der Waals surface area contributed by atoms with Gasteiger partial charge in [-0.05, 0) is 50.2 Å². The van der Waals surface area contributed by atoms with Crippen molar-refractivity contribution in [3.63, 3.8) is 0 Å².